The van der Waals surface area contributed by atoms with Crippen LogP contribution in [0.3, 0.4) is 0 Å². The highest BCUT2D eigenvalue weighted by atomic mass is 16.7. The Morgan fingerprint density at radius 1 is 1.40 bits per heavy atom. The van der Waals surface area contributed by atoms with Gasteiger partial charge in [0.1, 0.15) is 0 Å². The van der Waals surface area contributed by atoms with Crippen molar-refractivity contribution in [2.75, 3.05) is 7.05 Å². The third-order valence-corrected chi connectivity index (χ3v) is 2.89. The summed E-state index contributed by atoms with van der Waals surface area (Å²) < 4.78 is 0. The summed E-state index contributed by atoms with van der Waals surface area (Å²) in [4.78, 5) is 5.71. The molecule has 1 saturated carbocycles. The number of fused-ring (bicyclic) bond motifs is 3. The molecule has 2 bridgehead atoms. The molecule has 3 fully saturated rings. The second-order valence-corrected chi connectivity index (χ2v) is 3.82. The quantitative estimate of drug-likeness (QED) is 0.507. The van der Waals surface area contributed by atoms with Gasteiger partial charge in [0.05, 0.1) is 5.60 Å². The summed E-state index contributed by atoms with van der Waals surface area (Å²) in [5, 5.41) is 2.05. The van der Waals surface area contributed by atoms with Crippen LogP contribution in [0.25, 0.3) is 0 Å². The molecule has 0 aromatic carbocycles. The third kappa shape index (κ3) is 0.867. The van der Waals surface area contributed by atoms with Gasteiger partial charge in [0.2, 0.25) is 0 Å². The molecule has 2 heterocycles. The molecule has 3 rings (SSSR count). The predicted octanol–water partition coefficient (Wildman–Crippen LogP) is 1.56. The van der Waals surface area contributed by atoms with Crippen molar-refractivity contribution in [1.82, 2.24) is 5.06 Å². The Balaban J connectivity index is 2.14. The molecule has 2 heteroatoms. The van der Waals surface area contributed by atoms with Gasteiger partial charge in [-0.3, -0.25) is 4.84 Å². The summed E-state index contributed by atoms with van der Waals surface area (Å²) in [5.41, 5.74) is 0.184. The van der Waals surface area contributed by atoms with Crippen LogP contribution in [0, 0.1) is 0 Å². The summed E-state index contributed by atoms with van der Waals surface area (Å²) in [6.07, 6.45) is 5.16. The first-order valence-corrected chi connectivity index (χ1v) is 4.12. The van der Waals surface area contributed by atoms with Crippen molar-refractivity contribution >= 4 is 0 Å². The third-order valence-electron chi connectivity index (χ3n) is 2.89. The molecular weight excluding hydrogens is 126 g/mol. The zero-order valence-electron chi connectivity index (χ0n) is 6.76. The van der Waals surface area contributed by atoms with Gasteiger partial charge in [-0.15, -0.1) is 0 Å². The van der Waals surface area contributed by atoms with Gasteiger partial charge >= 0.3 is 0 Å². The fraction of sp³-hybridized carbons (Fsp3) is 1.00. The van der Waals surface area contributed by atoms with E-state index in [9.17, 15) is 0 Å². The minimum Gasteiger partial charge on any atom is -0.293 e. The number of hydrogen-bond acceptors (Lipinski definition) is 2. The average molecular weight is 141 g/mol. The molecule has 1 aliphatic carbocycles. The lowest BCUT2D eigenvalue weighted by Gasteiger charge is -2.49. The van der Waals surface area contributed by atoms with E-state index >= 15 is 0 Å². The average Bonchev–Trinajstić information content (AvgIpc) is 1.87. The standard InChI is InChI=1S/C8H15NO/c1-8-5-3-7(4-6-8)9(2)10-8/h7H,3-6H2,1-2H3. The molecule has 0 aromatic rings. The van der Waals surface area contributed by atoms with Crippen LogP contribution in [0.4, 0.5) is 0 Å². The Labute approximate surface area is 62.1 Å². The zero-order chi connectivity index (χ0) is 7.19. The lowest BCUT2D eigenvalue weighted by Crippen LogP contribution is -2.52. The number of hydrogen-bond donors (Lipinski definition) is 0. The van der Waals surface area contributed by atoms with Gasteiger partial charge < -0.3 is 0 Å². The van der Waals surface area contributed by atoms with Crippen molar-refractivity contribution < 1.29 is 4.84 Å². The highest BCUT2D eigenvalue weighted by molar-refractivity contribution is 4.89. The maximum Gasteiger partial charge on any atom is 0.0873 e. The van der Waals surface area contributed by atoms with E-state index < -0.39 is 0 Å². The lowest BCUT2D eigenvalue weighted by atomic mass is 9.82. The Morgan fingerprint density at radius 2 is 2.00 bits per heavy atom. The van der Waals surface area contributed by atoms with Crippen LogP contribution in [0.2, 0.25) is 0 Å². The van der Waals surface area contributed by atoms with Gasteiger partial charge in [-0.05, 0) is 32.6 Å². The van der Waals surface area contributed by atoms with E-state index in [0.717, 1.165) is 0 Å². The van der Waals surface area contributed by atoms with E-state index in [2.05, 4.69) is 14.0 Å². The maximum atomic E-state index is 5.71. The molecule has 0 aromatic heterocycles. The minimum absolute atomic E-state index is 0.184. The maximum absolute atomic E-state index is 5.71. The Kier molecular flexibility index (Phi) is 1.29. The topological polar surface area (TPSA) is 12.5 Å². The van der Waals surface area contributed by atoms with Gasteiger partial charge in [0, 0.05) is 13.1 Å². The van der Waals surface area contributed by atoms with E-state index in [0.29, 0.717) is 6.04 Å². The predicted molar refractivity (Wildman–Crippen MR) is 39.5 cm³/mol. The highest BCUT2D eigenvalue weighted by Gasteiger charge is 2.41. The van der Waals surface area contributed by atoms with Crippen molar-refractivity contribution in [3.05, 3.63) is 0 Å². The van der Waals surface area contributed by atoms with Gasteiger partial charge in [-0.2, -0.15) is 5.06 Å². The van der Waals surface area contributed by atoms with Crippen LogP contribution in [0.15, 0.2) is 0 Å². The van der Waals surface area contributed by atoms with Gasteiger partial charge in [-0.1, -0.05) is 0 Å². The van der Waals surface area contributed by atoms with Crippen molar-refractivity contribution in [2.24, 2.45) is 0 Å². The Bertz CT molecular complexity index is 138. The molecule has 0 unspecified atom stereocenters. The molecule has 0 N–H and O–H groups in total. The molecule has 0 atom stereocenters. The molecule has 2 saturated heterocycles. The first-order chi connectivity index (χ1) is 4.70. The summed E-state index contributed by atoms with van der Waals surface area (Å²) in [6, 6.07) is 0.710. The molecule has 0 amide bonds. The zero-order valence-corrected chi connectivity index (χ0v) is 6.76. The van der Waals surface area contributed by atoms with Crippen LogP contribution in [-0.2, 0) is 4.84 Å². The second-order valence-electron chi connectivity index (χ2n) is 3.82. The van der Waals surface area contributed by atoms with Crippen LogP contribution >= 0.6 is 0 Å². The minimum atomic E-state index is 0.184. The van der Waals surface area contributed by atoms with E-state index in [1.807, 2.05) is 5.06 Å². The summed E-state index contributed by atoms with van der Waals surface area (Å²) >= 11 is 0. The van der Waals surface area contributed by atoms with Crippen molar-refractivity contribution in [1.29, 1.82) is 0 Å². The van der Waals surface area contributed by atoms with E-state index in [1.54, 1.807) is 0 Å². The fourth-order valence-electron chi connectivity index (χ4n) is 2.09. The van der Waals surface area contributed by atoms with Gasteiger partial charge in [-0.25, -0.2) is 0 Å². The van der Waals surface area contributed by atoms with E-state index in [4.69, 9.17) is 4.84 Å². The smallest absolute Gasteiger partial charge is 0.0873 e. The Morgan fingerprint density at radius 3 is 2.30 bits per heavy atom. The monoisotopic (exact) mass is 141 g/mol. The van der Waals surface area contributed by atoms with Crippen LogP contribution < -0.4 is 0 Å². The number of nitrogens with zero attached hydrogens (tertiary/aromatic N) is 1. The highest BCUT2D eigenvalue weighted by Crippen LogP contribution is 2.39. The number of hydroxylamine groups is 2. The summed E-state index contributed by atoms with van der Waals surface area (Å²) in [5.74, 6) is 0. The van der Waals surface area contributed by atoms with Crippen molar-refractivity contribution in [3.8, 4) is 0 Å². The first-order valence-electron chi connectivity index (χ1n) is 4.12. The molecule has 10 heavy (non-hydrogen) atoms. The molecule has 2 nitrogen and oxygen atoms in total. The SMILES string of the molecule is CN1OC2(C)CCC1CC2. The molecule has 0 spiro atoms. The number of rotatable bonds is 0. The van der Waals surface area contributed by atoms with Gasteiger partial charge in [0.15, 0.2) is 0 Å². The molecule has 2 aliphatic heterocycles. The van der Waals surface area contributed by atoms with Crippen LogP contribution in [0.1, 0.15) is 32.6 Å². The van der Waals surface area contributed by atoms with Crippen molar-refractivity contribution in [3.63, 3.8) is 0 Å². The summed E-state index contributed by atoms with van der Waals surface area (Å²) in [7, 11) is 2.06. The molecule has 0 radical (unpaired) electrons. The fourth-order valence-corrected chi connectivity index (χ4v) is 2.09. The molecule has 58 valence electrons. The van der Waals surface area contributed by atoms with E-state index in [1.165, 1.54) is 25.7 Å². The second kappa shape index (κ2) is 1.95. The normalized spacial score (nSPS) is 48.0. The van der Waals surface area contributed by atoms with Gasteiger partial charge in [0.25, 0.3) is 0 Å². The van der Waals surface area contributed by atoms with E-state index in [-0.39, 0.29) is 5.60 Å². The van der Waals surface area contributed by atoms with Crippen LogP contribution in [-0.4, -0.2) is 23.8 Å². The lowest BCUT2D eigenvalue weighted by molar-refractivity contribution is -0.305. The van der Waals surface area contributed by atoms with Crippen LogP contribution in [0.5, 0.6) is 0 Å². The first kappa shape index (κ1) is 6.62. The Hall–Kier alpha value is -0.0800. The van der Waals surface area contributed by atoms with Crippen molar-refractivity contribution in [2.45, 2.75) is 44.2 Å². The molecule has 3 aliphatic rings. The summed E-state index contributed by atoms with van der Waals surface area (Å²) in [6.45, 7) is 2.22. The largest absolute Gasteiger partial charge is 0.293 e. The molecular formula is C8H15NO.